The molecule has 0 spiro atoms. The Morgan fingerprint density at radius 2 is 1.83 bits per heavy atom. The van der Waals surface area contributed by atoms with Crippen molar-refractivity contribution in [1.82, 2.24) is 4.90 Å². The number of methoxy groups -OCH3 is 1. The molecule has 1 N–H and O–H groups in total. The summed E-state index contributed by atoms with van der Waals surface area (Å²) in [6.07, 6.45) is 8.21. The van der Waals surface area contributed by atoms with Gasteiger partial charge < -0.3 is 14.7 Å². The maximum Gasteiger partial charge on any atom is 0.118 e. The Morgan fingerprint density at radius 1 is 1.10 bits per heavy atom. The molecule has 2 aromatic rings. The minimum absolute atomic E-state index is 0.270. The van der Waals surface area contributed by atoms with Gasteiger partial charge in [0.25, 0.3) is 0 Å². The second-order valence-corrected chi connectivity index (χ2v) is 8.56. The van der Waals surface area contributed by atoms with Crippen LogP contribution in [0, 0.1) is 5.92 Å². The standard InChI is InChI=1S/C26H35NO2/c1-27(2)20-24-13-7-12-23(19-22-14-16-25(29-3)17-15-22)26(24,28)18-8-11-21-9-5-4-6-10-21/h4-6,9-10,14-17,19,24,28H,7-8,11-13,18,20H2,1-3H3. The van der Waals surface area contributed by atoms with E-state index in [1.807, 2.05) is 12.1 Å². The molecule has 0 saturated heterocycles. The molecule has 0 bridgehead atoms. The summed E-state index contributed by atoms with van der Waals surface area (Å²) < 4.78 is 5.28. The molecule has 2 unspecified atom stereocenters. The number of hydrogen-bond donors (Lipinski definition) is 1. The van der Waals surface area contributed by atoms with Crippen molar-refractivity contribution in [3.8, 4) is 5.75 Å². The van der Waals surface area contributed by atoms with Gasteiger partial charge in [-0.25, -0.2) is 0 Å². The summed E-state index contributed by atoms with van der Waals surface area (Å²) in [4.78, 5) is 2.21. The lowest BCUT2D eigenvalue weighted by molar-refractivity contribution is -0.0208. The van der Waals surface area contributed by atoms with Crippen LogP contribution >= 0.6 is 0 Å². The topological polar surface area (TPSA) is 32.7 Å². The Kier molecular flexibility index (Phi) is 7.51. The van der Waals surface area contributed by atoms with E-state index >= 15 is 0 Å². The van der Waals surface area contributed by atoms with Gasteiger partial charge in [0.1, 0.15) is 5.75 Å². The first-order chi connectivity index (χ1) is 14.0. The van der Waals surface area contributed by atoms with E-state index in [4.69, 9.17) is 4.74 Å². The maximum absolute atomic E-state index is 12.0. The van der Waals surface area contributed by atoms with Crippen LogP contribution in [0.3, 0.4) is 0 Å². The van der Waals surface area contributed by atoms with Crippen molar-refractivity contribution < 1.29 is 9.84 Å². The van der Waals surface area contributed by atoms with Crippen molar-refractivity contribution in [1.29, 1.82) is 0 Å². The van der Waals surface area contributed by atoms with Gasteiger partial charge in [-0.15, -0.1) is 0 Å². The summed E-state index contributed by atoms with van der Waals surface area (Å²) in [7, 11) is 5.89. The number of nitrogens with zero attached hydrogens (tertiary/aromatic N) is 1. The SMILES string of the molecule is COc1ccc(C=C2CCCC(CN(C)C)C2(O)CCCc2ccccc2)cc1. The fourth-order valence-corrected chi connectivity index (χ4v) is 4.61. The fourth-order valence-electron chi connectivity index (χ4n) is 4.61. The number of aliphatic hydroxyl groups is 1. The van der Waals surface area contributed by atoms with Crippen LogP contribution in [0.2, 0.25) is 0 Å². The molecule has 1 saturated carbocycles. The first-order valence-corrected chi connectivity index (χ1v) is 10.8. The lowest BCUT2D eigenvalue weighted by Crippen LogP contribution is -2.47. The second kappa shape index (κ2) is 10.1. The molecule has 3 nitrogen and oxygen atoms in total. The minimum atomic E-state index is -0.739. The van der Waals surface area contributed by atoms with Crippen LogP contribution in [0.1, 0.15) is 43.2 Å². The lowest BCUT2D eigenvalue weighted by atomic mass is 9.68. The highest BCUT2D eigenvalue weighted by atomic mass is 16.5. The number of rotatable bonds is 8. The molecule has 29 heavy (non-hydrogen) atoms. The van der Waals surface area contributed by atoms with Gasteiger partial charge in [0, 0.05) is 12.5 Å². The molecule has 1 aliphatic rings. The van der Waals surface area contributed by atoms with E-state index < -0.39 is 5.60 Å². The van der Waals surface area contributed by atoms with Crippen molar-refractivity contribution in [2.24, 2.45) is 5.92 Å². The monoisotopic (exact) mass is 393 g/mol. The molecule has 2 atom stereocenters. The fraction of sp³-hybridized carbons (Fsp3) is 0.462. The molecular formula is C26H35NO2. The van der Waals surface area contributed by atoms with Gasteiger partial charge in [0.15, 0.2) is 0 Å². The van der Waals surface area contributed by atoms with Crippen LogP contribution < -0.4 is 4.74 Å². The van der Waals surface area contributed by atoms with Crippen LogP contribution in [0.25, 0.3) is 6.08 Å². The van der Waals surface area contributed by atoms with E-state index in [9.17, 15) is 5.11 Å². The van der Waals surface area contributed by atoms with Crippen LogP contribution in [-0.4, -0.2) is 43.4 Å². The molecule has 0 heterocycles. The Bertz CT molecular complexity index is 782. The first kappa shape index (κ1) is 21.6. The summed E-state index contributed by atoms with van der Waals surface area (Å²) in [6, 6.07) is 18.7. The Balaban J connectivity index is 1.81. The normalized spacial score (nSPS) is 23.5. The van der Waals surface area contributed by atoms with Gasteiger partial charge in [0.2, 0.25) is 0 Å². The van der Waals surface area contributed by atoms with E-state index in [0.717, 1.165) is 56.4 Å². The minimum Gasteiger partial charge on any atom is -0.497 e. The van der Waals surface area contributed by atoms with Gasteiger partial charge in [-0.1, -0.05) is 48.5 Å². The molecule has 156 valence electrons. The van der Waals surface area contributed by atoms with Crippen molar-refractivity contribution in [3.63, 3.8) is 0 Å². The van der Waals surface area contributed by atoms with Gasteiger partial charge in [-0.2, -0.15) is 0 Å². The zero-order valence-electron chi connectivity index (χ0n) is 18.1. The zero-order chi connectivity index (χ0) is 20.7. The van der Waals surface area contributed by atoms with Gasteiger partial charge in [-0.05, 0) is 81.5 Å². The van der Waals surface area contributed by atoms with Gasteiger partial charge in [-0.3, -0.25) is 0 Å². The van der Waals surface area contributed by atoms with Crippen molar-refractivity contribution >= 4 is 6.08 Å². The first-order valence-electron chi connectivity index (χ1n) is 10.8. The third kappa shape index (κ3) is 5.71. The van der Waals surface area contributed by atoms with Crippen molar-refractivity contribution in [2.75, 3.05) is 27.7 Å². The van der Waals surface area contributed by atoms with E-state index in [0.29, 0.717) is 0 Å². The largest absolute Gasteiger partial charge is 0.497 e. The quantitative estimate of drug-likeness (QED) is 0.669. The average molecular weight is 394 g/mol. The van der Waals surface area contributed by atoms with Crippen molar-refractivity contribution in [2.45, 2.75) is 44.1 Å². The van der Waals surface area contributed by atoms with Crippen LogP contribution in [0.5, 0.6) is 5.75 Å². The molecular weight excluding hydrogens is 358 g/mol. The van der Waals surface area contributed by atoms with E-state index in [2.05, 4.69) is 67.5 Å². The maximum atomic E-state index is 12.0. The Morgan fingerprint density at radius 3 is 2.48 bits per heavy atom. The molecule has 0 aromatic heterocycles. The summed E-state index contributed by atoms with van der Waals surface area (Å²) in [5.41, 5.74) is 2.93. The summed E-state index contributed by atoms with van der Waals surface area (Å²) in [6.45, 7) is 0.918. The number of benzene rings is 2. The molecule has 0 aliphatic heterocycles. The second-order valence-electron chi connectivity index (χ2n) is 8.56. The number of hydrogen-bond acceptors (Lipinski definition) is 3. The van der Waals surface area contributed by atoms with Crippen LogP contribution in [0.15, 0.2) is 60.2 Å². The van der Waals surface area contributed by atoms with Gasteiger partial charge in [0.05, 0.1) is 12.7 Å². The third-order valence-corrected chi connectivity index (χ3v) is 6.14. The molecule has 3 rings (SSSR count). The molecule has 2 aromatic carbocycles. The molecule has 0 radical (unpaired) electrons. The predicted octanol–water partition coefficient (Wildman–Crippen LogP) is 5.19. The Labute approximate surface area is 176 Å². The molecule has 1 aliphatic carbocycles. The Hall–Kier alpha value is -2.10. The van der Waals surface area contributed by atoms with E-state index in [-0.39, 0.29) is 5.92 Å². The van der Waals surface area contributed by atoms with E-state index in [1.54, 1.807) is 7.11 Å². The van der Waals surface area contributed by atoms with Crippen LogP contribution in [-0.2, 0) is 6.42 Å². The lowest BCUT2D eigenvalue weighted by Gasteiger charge is -2.43. The molecule has 3 heteroatoms. The zero-order valence-corrected chi connectivity index (χ0v) is 18.1. The average Bonchev–Trinajstić information content (AvgIpc) is 2.72. The highest BCUT2D eigenvalue weighted by molar-refractivity contribution is 5.56. The van der Waals surface area contributed by atoms with Crippen molar-refractivity contribution in [3.05, 3.63) is 71.3 Å². The summed E-state index contributed by atoms with van der Waals surface area (Å²) in [5, 5.41) is 12.0. The molecule has 0 amide bonds. The molecule has 1 fully saturated rings. The summed E-state index contributed by atoms with van der Waals surface area (Å²) in [5.74, 6) is 1.13. The highest BCUT2D eigenvalue weighted by Gasteiger charge is 2.42. The number of ether oxygens (including phenoxy) is 1. The van der Waals surface area contributed by atoms with Gasteiger partial charge >= 0.3 is 0 Å². The number of aryl methyl sites for hydroxylation is 1. The highest BCUT2D eigenvalue weighted by Crippen LogP contribution is 2.42. The van der Waals surface area contributed by atoms with Crippen LogP contribution in [0.4, 0.5) is 0 Å². The smallest absolute Gasteiger partial charge is 0.118 e. The predicted molar refractivity (Wildman–Crippen MR) is 121 cm³/mol. The summed E-state index contributed by atoms with van der Waals surface area (Å²) >= 11 is 0. The van der Waals surface area contributed by atoms with E-state index in [1.165, 1.54) is 11.1 Å². The third-order valence-electron chi connectivity index (χ3n) is 6.14.